The second kappa shape index (κ2) is 9.91. The van der Waals surface area contributed by atoms with Crippen molar-refractivity contribution in [1.29, 1.82) is 0 Å². The molecule has 0 aromatic heterocycles. The Morgan fingerprint density at radius 3 is 2.59 bits per heavy atom. The molecule has 0 heterocycles. The van der Waals surface area contributed by atoms with Crippen LogP contribution in [0.2, 0.25) is 0 Å². The molecular formula is C23H34O4. The van der Waals surface area contributed by atoms with Crippen LogP contribution in [0.15, 0.2) is 12.1 Å². The number of carbonyl (C=O) groups excluding carboxylic acids is 2. The lowest BCUT2D eigenvalue weighted by Gasteiger charge is -2.14. The standard InChI is InChI=1S/C23H34O4/c1-5-7-8-9-11-17-14-18-16-23(3,4)22(25)19(18)15-20(17)27-13-10-12-21(24)26-6-2/h14-15H,5-13,16H2,1-4H3. The van der Waals surface area contributed by atoms with Crippen LogP contribution in [0.3, 0.4) is 0 Å². The zero-order valence-corrected chi connectivity index (χ0v) is 17.4. The molecule has 1 aliphatic carbocycles. The molecule has 1 aliphatic rings. The van der Waals surface area contributed by atoms with E-state index in [4.69, 9.17) is 9.47 Å². The van der Waals surface area contributed by atoms with Crippen molar-refractivity contribution in [2.75, 3.05) is 13.2 Å². The van der Waals surface area contributed by atoms with Crippen LogP contribution in [0, 0.1) is 5.41 Å². The molecule has 2 rings (SSSR count). The number of Topliss-reactive ketones (excluding diaryl/α,β-unsaturated/α-hetero) is 1. The van der Waals surface area contributed by atoms with Gasteiger partial charge in [-0.25, -0.2) is 0 Å². The molecule has 1 aromatic rings. The fraction of sp³-hybridized carbons (Fsp3) is 0.652. The minimum absolute atomic E-state index is 0.188. The normalized spacial score (nSPS) is 14.9. The first kappa shape index (κ1) is 21.5. The lowest BCUT2D eigenvalue weighted by Crippen LogP contribution is -2.18. The minimum atomic E-state index is -0.329. The van der Waals surface area contributed by atoms with Crippen LogP contribution < -0.4 is 4.74 Å². The summed E-state index contributed by atoms with van der Waals surface area (Å²) in [6.45, 7) is 8.90. The average molecular weight is 375 g/mol. The van der Waals surface area contributed by atoms with Crippen molar-refractivity contribution in [3.63, 3.8) is 0 Å². The second-order valence-electron chi connectivity index (χ2n) is 8.07. The van der Waals surface area contributed by atoms with Gasteiger partial charge in [-0.3, -0.25) is 9.59 Å². The van der Waals surface area contributed by atoms with E-state index in [-0.39, 0.29) is 17.2 Å². The number of ether oxygens (including phenoxy) is 2. The summed E-state index contributed by atoms with van der Waals surface area (Å²) in [6, 6.07) is 4.11. The van der Waals surface area contributed by atoms with Crippen LogP contribution in [0.5, 0.6) is 5.75 Å². The zero-order valence-electron chi connectivity index (χ0n) is 17.4. The number of benzene rings is 1. The average Bonchev–Trinajstić information content (AvgIpc) is 2.84. The first-order valence-corrected chi connectivity index (χ1v) is 10.4. The SMILES string of the molecule is CCCCCCc1cc2c(cc1OCCCC(=O)OCC)C(=O)C(C)(C)C2. The quantitative estimate of drug-likeness (QED) is 0.390. The molecule has 0 saturated heterocycles. The highest BCUT2D eigenvalue weighted by atomic mass is 16.5. The Morgan fingerprint density at radius 2 is 1.89 bits per heavy atom. The second-order valence-corrected chi connectivity index (χ2v) is 8.07. The van der Waals surface area contributed by atoms with Crippen LogP contribution in [-0.4, -0.2) is 25.0 Å². The first-order valence-electron chi connectivity index (χ1n) is 10.4. The van der Waals surface area contributed by atoms with Gasteiger partial charge in [0.1, 0.15) is 5.75 Å². The fourth-order valence-electron chi connectivity index (χ4n) is 3.66. The maximum atomic E-state index is 12.7. The van der Waals surface area contributed by atoms with Crippen LogP contribution in [-0.2, 0) is 22.4 Å². The number of esters is 1. The number of hydrogen-bond donors (Lipinski definition) is 0. The number of fused-ring (bicyclic) bond motifs is 1. The monoisotopic (exact) mass is 374 g/mol. The summed E-state index contributed by atoms with van der Waals surface area (Å²) in [4.78, 5) is 24.1. The number of carbonyl (C=O) groups is 2. The highest BCUT2D eigenvalue weighted by Crippen LogP contribution is 2.39. The lowest BCUT2D eigenvalue weighted by atomic mass is 9.89. The summed E-state index contributed by atoms with van der Waals surface area (Å²) >= 11 is 0. The van der Waals surface area contributed by atoms with E-state index in [2.05, 4.69) is 13.0 Å². The maximum absolute atomic E-state index is 12.7. The smallest absolute Gasteiger partial charge is 0.305 e. The minimum Gasteiger partial charge on any atom is -0.493 e. The van der Waals surface area contributed by atoms with Crippen molar-refractivity contribution < 1.29 is 19.1 Å². The molecule has 0 spiro atoms. The Hall–Kier alpha value is -1.84. The van der Waals surface area contributed by atoms with Gasteiger partial charge in [0.05, 0.1) is 13.2 Å². The van der Waals surface area contributed by atoms with Gasteiger partial charge in [0.2, 0.25) is 0 Å². The first-order chi connectivity index (χ1) is 12.9. The van der Waals surface area contributed by atoms with E-state index < -0.39 is 0 Å². The molecule has 0 unspecified atom stereocenters. The molecule has 0 amide bonds. The van der Waals surface area contributed by atoms with Gasteiger partial charge in [-0.1, -0.05) is 46.1 Å². The number of aryl methyl sites for hydroxylation is 1. The van der Waals surface area contributed by atoms with E-state index in [0.717, 1.165) is 36.1 Å². The highest BCUT2D eigenvalue weighted by molar-refractivity contribution is 6.04. The molecule has 4 heteroatoms. The Bertz CT molecular complexity index is 661. The van der Waals surface area contributed by atoms with Gasteiger partial charge in [-0.2, -0.15) is 0 Å². The summed E-state index contributed by atoms with van der Waals surface area (Å²) < 4.78 is 11.0. The van der Waals surface area contributed by atoms with Crippen molar-refractivity contribution >= 4 is 11.8 Å². The van der Waals surface area contributed by atoms with Crippen LogP contribution in [0.25, 0.3) is 0 Å². The highest BCUT2D eigenvalue weighted by Gasteiger charge is 2.38. The Morgan fingerprint density at radius 1 is 1.11 bits per heavy atom. The Kier molecular flexibility index (Phi) is 7.88. The van der Waals surface area contributed by atoms with Crippen molar-refractivity contribution in [3.8, 4) is 5.75 Å². The third-order valence-corrected chi connectivity index (χ3v) is 5.17. The molecule has 4 nitrogen and oxygen atoms in total. The third-order valence-electron chi connectivity index (χ3n) is 5.17. The largest absolute Gasteiger partial charge is 0.493 e. The predicted molar refractivity (Wildman–Crippen MR) is 107 cm³/mol. The van der Waals surface area contributed by atoms with Crippen LogP contribution in [0.4, 0.5) is 0 Å². The molecule has 0 radical (unpaired) electrons. The van der Waals surface area contributed by atoms with Crippen LogP contribution in [0.1, 0.15) is 87.7 Å². The fourth-order valence-corrected chi connectivity index (χ4v) is 3.66. The predicted octanol–water partition coefficient (Wildman–Crippen LogP) is 5.30. The van der Waals surface area contributed by atoms with E-state index in [1.165, 1.54) is 24.8 Å². The number of ketones is 1. The molecule has 0 saturated carbocycles. The van der Waals surface area contributed by atoms with Gasteiger partial charge in [0.25, 0.3) is 0 Å². The van der Waals surface area contributed by atoms with Crippen molar-refractivity contribution in [3.05, 3.63) is 28.8 Å². The molecule has 0 atom stereocenters. The van der Waals surface area contributed by atoms with Crippen molar-refractivity contribution in [2.24, 2.45) is 5.41 Å². The summed E-state index contributed by atoms with van der Waals surface area (Å²) in [6.07, 6.45) is 7.53. The van der Waals surface area contributed by atoms with Gasteiger partial charge in [0.15, 0.2) is 5.78 Å². The summed E-state index contributed by atoms with van der Waals surface area (Å²) in [5, 5.41) is 0. The van der Waals surface area contributed by atoms with Gasteiger partial charge < -0.3 is 9.47 Å². The van der Waals surface area contributed by atoms with E-state index in [1.807, 2.05) is 26.8 Å². The van der Waals surface area contributed by atoms with Crippen LogP contribution >= 0.6 is 0 Å². The molecule has 0 aliphatic heterocycles. The van der Waals surface area contributed by atoms with E-state index >= 15 is 0 Å². The number of rotatable bonds is 11. The number of unbranched alkanes of at least 4 members (excludes halogenated alkanes) is 3. The lowest BCUT2D eigenvalue weighted by molar-refractivity contribution is -0.143. The molecule has 0 N–H and O–H groups in total. The van der Waals surface area contributed by atoms with E-state index in [1.54, 1.807) is 0 Å². The molecule has 0 fully saturated rings. The van der Waals surface area contributed by atoms with Gasteiger partial charge in [-0.05, 0) is 49.8 Å². The zero-order chi connectivity index (χ0) is 19.9. The van der Waals surface area contributed by atoms with Gasteiger partial charge in [0, 0.05) is 17.4 Å². The van der Waals surface area contributed by atoms with Crippen molar-refractivity contribution in [1.82, 2.24) is 0 Å². The van der Waals surface area contributed by atoms with Gasteiger partial charge in [-0.15, -0.1) is 0 Å². The summed E-state index contributed by atoms with van der Waals surface area (Å²) in [5.41, 5.74) is 2.81. The molecule has 0 bridgehead atoms. The molecular weight excluding hydrogens is 340 g/mol. The summed E-state index contributed by atoms with van der Waals surface area (Å²) in [7, 11) is 0. The Balaban J connectivity index is 2.07. The van der Waals surface area contributed by atoms with E-state index in [0.29, 0.717) is 26.1 Å². The number of hydrogen-bond acceptors (Lipinski definition) is 4. The topological polar surface area (TPSA) is 52.6 Å². The molecule has 27 heavy (non-hydrogen) atoms. The van der Waals surface area contributed by atoms with E-state index in [9.17, 15) is 9.59 Å². The van der Waals surface area contributed by atoms with Gasteiger partial charge >= 0.3 is 5.97 Å². The maximum Gasteiger partial charge on any atom is 0.305 e. The Labute approximate surface area is 163 Å². The summed E-state index contributed by atoms with van der Waals surface area (Å²) in [5.74, 6) is 0.818. The molecule has 1 aromatic carbocycles. The third kappa shape index (κ3) is 5.82. The van der Waals surface area contributed by atoms with Crippen molar-refractivity contribution in [2.45, 2.75) is 79.1 Å². The molecule has 150 valence electrons.